The minimum Gasteiger partial charge on any atom is -0.497 e. The minimum atomic E-state index is -0.759. The number of aryl methyl sites for hydroxylation is 1. The van der Waals surface area contributed by atoms with Crippen LogP contribution in [0.1, 0.15) is 16.1 Å². The van der Waals surface area contributed by atoms with Gasteiger partial charge in [0, 0.05) is 23.2 Å². The van der Waals surface area contributed by atoms with Gasteiger partial charge >= 0.3 is 0 Å². The first kappa shape index (κ1) is 15.9. The van der Waals surface area contributed by atoms with Crippen molar-refractivity contribution in [1.82, 2.24) is 4.98 Å². The van der Waals surface area contributed by atoms with Crippen LogP contribution >= 0.6 is 0 Å². The van der Waals surface area contributed by atoms with E-state index >= 15 is 0 Å². The average Bonchev–Trinajstić information content (AvgIpc) is 2.52. The number of anilines is 1. The first-order valence-electron chi connectivity index (χ1n) is 7.19. The molecule has 6 heteroatoms. The highest BCUT2D eigenvalue weighted by molar-refractivity contribution is 6.06. The molecule has 0 saturated heterocycles. The number of aromatic nitrogens is 1. The lowest BCUT2D eigenvalue weighted by Gasteiger charge is -2.10. The summed E-state index contributed by atoms with van der Waals surface area (Å²) in [6.07, 6.45) is 0. The first-order chi connectivity index (χ1) is 11.5. The lowest BCUT2D eigenvalue weighted by molar-refractivity contribution is 0.102. The second-order valence-electron chi connectivity index (χ2n) is 5.29. The Kier molecular flexibility index (Phi) is 4.12. The van der Waals surface area contributed by atoms with Gasteiger partial charge in [0.1, 0.15) is 17.4 Å². The molecule has 3 rings (SSSR count). The summed E-state index contributed by atoms with van der Waals surface area (Å²) in [6.45, 7) is 1.69. The van der Waals surface area contributed by atoms with Crippen LogP contribution in [0.15, 0.2) is 42.5 Å². The molecule has 0 bridgehead atoms. The summed E-state index contributed by atoms with van der Waals surface area (Å²) in [5.74, 6) is -1.33. The van der Waals surface area contributed by atoms with Crippen molar-refractivity contribution >= 4 is 22.5 Å². The van der Waals surface area contributed by atoms with Crippen molar-refractivity contribution in [3.05, 3.63) is 65.4 Å². The molecule has 1 amide bonds. The summed E-state index contributed by atoms with van der Waals surface area (Å²) in [5.41, 5.74) is 1.58. The van der Waals surface area contributed by atoms with Crippen molar-refractivity contribution in [3.63, 3.8) is 0 Å². The zero-order valence-corrected chi connectivity index (χ0v) is 13.1. The second-order valence-corrected chi connectivity index (χ2v) is 5.29. The van der Waals surface area contributed by atoms with Crippen LogP contribution in [0, 0.1) is 18.6 Å². The summed E-state index contributed by atoms with van der Waals surface area (Å²) >= 11 is 0. The molecule has 24 heavy (non-hydrogen) atoms. The van der Waals surface area contributed by atoms with Crippen LogP contribution in [-0.2, 0) is 0 Å². The molecule has 0 aliphatic carbocycles. The number of hydrogen-bond donors (Lipinski definition) is 1. The fourth-order valence-corrected chi connectivity index (χ4v) is 2.42. The number of ether oxygens (including phenoxy) is 1. The van der Waals surface area contributed by atoms with Gasteiger partial charge in [-0.25, -0.2) is 8.78 Å². The Bertz CT molecular complexity index is 921. The van der Waals surface area contributed by atoms with E-state index in [1.165, 1.54) is 0 Å². The van der Waals surface area contributed by atoms with Crippen molar-refractivity contribution in [2.24, 2.45) is 0 Å². The number of fused-ring (bicyclic) bond motifs is 1. The van der Waals surface area contributed by atoms with Gasteiger partial charge in [0.15, 0.2) is 0 Å². The predicted molar refractivity (Wildman–Crippen MR) is 87.3 cm³/mol. The van der Waals surface area contributed by atoms with Crippen LogP contribution < -0.4 is 10.1 Å². The number of pyridine rings is 1. The predicted octanol–water partition coefficient (Wildman–Crippen LogP) is 4.08. The fourth-order valence-electron chi connectivity index (χ4n) is 2.42. The van der Waals surface area contributed by atoms with Crippen molar-refractivity contribution in [1.29, 1.82) is 0 Å². The molecule has 0 atom stereocenters. The number of halogens is 2. The van der Waals surface area contributed by atoms with E-state index in [4.69, 9.17) is 4.74 Å². The highest BCUT2D eigenvalue weighted by atomic mass is 19.1. The second kappa shape index (κ2) is 6.23. The van der Waals surface area contributed by atoms with Crippen LogP contribution in [0.2, 0.25) is 0 Å². The Morgan fingerprint density at radius 3 is 2.46 bits per heavy atom. The van der Waals surface area contributed by atoms with Crippen LogP contribution in [-0.4, -0.2) is 18.0 Å². The van der Waals surface area contributed by atoms with Crippen LogP contribution in [0.25, 0.3) is 10.9 Å². The largest absolute Gasteiger partial charge is 0.497 e. The van der Waals surface area contributed by atoms with E-state index in [1.54, 1.807) is 38.3 Å². The lowest BCUT2D eigenvalue weighted by Crippen LogP contribution is -2.14. The maximum Gasteiger partial charge on any atom is 0.257 e. The highest BCUT2D eigenvalue weighted by Crippen LogP contribution is 2.22. The molecular formula is C18H14F2N2O2. The molecule has 0 fully saturated rings. The van der Waals surface area contributed by atoms with Crippen LogP contribution in [0.5, 0.6) is 5.75 Å². The normalized spacial score (nSPS) is 10.7. The molecule has 3 aromatic rings. The summed E-state index contributed by atoms with van der Waals surface area (Å²) in [5, 5.41) is 3.25. The molecule has 0 unspecified atom stereocenters. The van der Waals surface area contributed by atoms with Crippen molar-refractivity contribution < 1.29 is 18.3 Å². The Hall–Kier alpha value is -3.02. The van der Waals surface area contributed by atoms with Gasteiger partial charge in [-0.15, -0.1) is 0 Å². The molecular weight excluding hydrogens is 314 g/mol. The quantitative estimate of drug-likeness (QED) is 0.788. The molecule has 0 aliphatic heterocycles. The molecule has 0 saturated carbocycles. The first-order valence-corrected chi connectivity index (χ1v) is 7.19. The number of carbonyl (C=O) groups is 1. The zero-order chi connectivity index (χ0) is 17.3. The molecule has 2 aromatic carbocycles. The molecule has 1 heterocycles. The third kappa shape index (κ3) is 3.17. The molecule has 0 aliphatic rings. The van der Waals surface area contributed by atoms with Crippen LogP contribution in [0.4, 0.5) is 14.5 Å². The molecule has 1 aromatic heterocycles. The Balaban J connectivity index is 1.95. The Morgan fingerprint density at radius 1 is 1.08 bits per heavy atom. The van der Waals surface area contributed by atoms with E-state index < -0.39 is 17.5 Å². The summed E-state index contributed by atoms with van der Waals surface area (Å²) in [4.78, 5) is 16.8. The number of hydrogen-bond acceptors (Lipinski definition) is 3. The van der Waals surface area contributed by atoms with Crippen molar-refractivity contribution in [3.8, 4) is 5.75 Å². The minimum absolute atomic E-state index is 0.0479. The Morgan fingerprint density at radius 2 is 1.79 bits per heavy atom. The number of nitrogens with one attached hydrogen (secondary N) is 1. The van der Waals surface area contributed by atoms with E-state index in [2.05, 4.69) is 10.3 Å². The topological polar surface area (TPSA) is 51.2 Å². The maximum absolute atomic E-state index is 13.2. The van der Waals surface area contributed by atoms with Gasteiger partial charge < -0.3 is 10.1 Å². The monoisotopic (exact) mass is 328 g/mol. The molecule has 4 nitrogen and oxygen atoms in total. The average molecular weight is 328 g/mol. The summed E-state index contributed by atoms with van der Waals surface area (Å²) < 4.78 is 31.6. The number of amides is 1. The van der Waals surface area contributed by atoms with Crippen LogP contribution in [0.3, 0.4) is 0 Å². The van der Waals surface area contributed by atoms with Gasteiger partial charge in [0.2, 0.25) is 0 Å². The molecule has 1 N–H and O–H groups in total. The van der Waals surface area contributed by atoms with Gasteiger partial charge in [-0.3, -0.25) is 9.78 Å². The fraction of sp³-hybridized carbons (Fsp3) is 0.111. The standard InChI is InChI=1S/C18H14F2N2O2/c1-10-16(5-11-3-4-15(24-2)9-17(11)21-10)18(23)22-14-7-12(19)6-13(20)8-14/h3-9H,1-2H3,(H,22,23). The number of benzene rings is 2. The number of carbonyl (C=O) groups excluding carboxylic acids is 1. The summed E-state index contributed by atoms with van der Waals surface area (Å²) in [7, 11) is 1.56. The third-order valence-corrected chi connectivity index (χ3v) is 3.58. The van der Waals surface area contributed by atoms with E-state index in [0.717, 1.165) is 23.6 Å². The Labute approximate surface area is 137 Å². The SMILES string of the molecule is COc1ccc2cc(C(=O)Nc3cc(F)cc(F)c3)c(C)nc2c1. The number of rotatable bonds is 3. The third-order valence-electron chi connectivity index (χ3n) is 3.58. The maximum atomic E-state index is 13.2. The molecule has 0 radical (unpaired) electrons. The number of nitrogens with zero attached hydrogens (tertiary/aromatic N) is 1. The van der Waals surface area contributed by atoms with Crippen molar-refractivity contribution in [2.75, 3.05) is 12.4 Å². The van der Waals surface area contributed by atoms with E-state index in [0.29, 0.717) is 22.5 Å². The molecule has 0 spiro atoms. The van der Waals surface area contributed by atoms with E-state index in [-0.39, 0.29) is 5.69 Å². The van der Waals surface area contributed by atoms with Crippen molar-refractivity contribution in [2.45, 2.75) is 6.92 Å². The van der Waals surface area contributed by atoms with E-state index in [1.807, 2.05) is 0 Å². The highest BCUT2D eigenvalue weighted by Gasteiger charge is 2.13. The smallest absolute Gasteiger partial charge is 0.257 e. The summed E-state index contributed by atoms with van der Waals surface area (Å²) in [6, 6.07) is 9.85. The van der Waals surface area contributed by atoms with Gasteiger partial charge in [-0.1, -0.05) is 0 Å². The lowest BCUT2D eigenvalue weighted by atomic mass is 10.1. The van der Waals surface area contributed by atoms with Gasteiger partial charge in [-0.05, 0) is 37.3 Å². The van der Waals surface area contributed by atoms with E-state index in [9.17, 15) is 13.6 Å². The zero-order valence-electron chi connectivity index (χ0n) is 13.1. The van der Waals surface area contributed by atoms with Gasteiger partial charge in [0.25, 0.3) is 5.91 Å². The van der Waals surface area contributed by atoms with Gasteiger partial charge in [-0.2, -0.15) is 0 Å². The molecule has 122 valence electrons. The van der Waals surface area contributed by atoms with Gasteiger partial charge in [0.05, 0.1) is 23.9 Å². The number of methoxy groups -OCH3 is 1.